The van der Waals surface area contributed by atoms with Gasteiger partial charge in [-0.3, -0.25) is 9.55 Å². The van der Waals surface area contributed by atoms with Gasteiger partial charge in [-0.05, 0) is 109 Å². The van der Waals surface area contributed by atoms with Crippen LogP contribution in [0.15, 0.2) is 158 Å². The number of benzene rings is 7. The maximum Gasteiger partial charge on any atom is 0.148 e. The monoisotopic (exact) mass is 1100 g/mol. The molecular weight excluding hydrogens is 1030 g/mol. The molecule has 0 bridgehead atoms. The zero-order chi connectivity index (χ0) is 51.7. The summed E-state index contributed by atoms with van der Waals surface area (Å²) in [4.78, 5) is 10.5. The molecule has 0 atom stereocenters. The third kappa shape index (κ3) is 9.99. The van der Waals surface area contributed by atoms with Crippen LogP contribution < -0.4 is 0 Å². The van der Waals surface area contributed by atoms with Gasteiger partial charge in [0.2, 0.25) is 0 Å². The van der Waals surface area contributed by atoms with Crippen molar-refractivity contribution in [2.75, 3.05) is 0 Å². The molecule has 0 fully saturated rings. The first-order chi connectivity index (χ1) is 33.8. The molecule has 0 saturated heterocycles. The molecule has 9 aromatic rings. The number of aryl methyl sites for hydroxylation is 1. The quantitative estimate of drug-likeness (QED) is 0.162. The average Bonchev–Trinajstić information content (AvgIpc) is 3.72. The predicted molar refractivity (Wildman–Crippen MR) is 292 cm³/mol. The Morgan fingerprint density at radius 3 is 1.67 bits per heavy atom. The molecule has 1 N–H and O–H groups in total. The summed E-state index contributed by atoms with van der Waals surface area (Å²) < 4.78 is 29.6. The fourth-order valence-electron chi connectivity index (χ4n) is 9.16. The first-order valence-electron chi connectivity index (χ1n) is 25.6. The molecule has 0 radical (unpaired) electrons. The van der Waals surface area contributed by atoms with Gasteiger partial charge in [-0.2, -0.15) is 0 Å². The molecule has 0 amide bonds. The number of rotatable bonds is 7. The van der Waals surface area contributed by atoms with E-state index in [1.165, 1.54) is 11.1 Å². The van der Waals surface area contributed by atoms with E-state index < -0.39 is 12.3 Å². The van der Waals surface area contributed by atoms with Crippen LogP contribution >= 0.6 is 0 Å². The summed E-state index contributed by atoms with van der Waals surface area (Å²) in [6, 6.07) is 55.4. The van der Waals surface area contributed by atoms with Gasteiger partial charge in [0, 0.05) is 42.6 Å². The van der Waals surface area contributed by atoms with E-state index in [0.29, 0.717) is 28.1 Å². The van der Waals surface area contributed by atoms with Crippen molar-refractivity contribution in [1.82, 2.24) is 14.5 Å². The van der Waals surface area contributed by atoms with Gasteiger partial charge in [0.1, 0.15) is 11.6 Å². The summed E-state index contributed by atoms with van der Waals surface area (Å²) >= 11 is 0. The molecule has 2 heterocycles. The Kier molecular flexibility index (Phi) is 12.3. The number of imidazole rings is 1. The van der Waals surface area contributed by atoms with Crippen LogP contribution in [0.25, 0.3) is 83.9 Å². The van der Waals surface area contributed by atoms with Crippen LogP contribution in [0.3, 0.4) is 0 Å². The molecule has 2 aromatic heterocycles. The van der Waals surface area contributed by atoms with Crippen molar-refractivity contribution in [2.24, 2.45) is 0 Å². The fraction of sp³-hybridized carbons (Fsp3) is 0.262. The van der Waals surface area contributed by atoms with Crippen molar-refractivity contribution in [2.45, 2.75) is 112 Å². The van der Waals surface area contributed by atoms with Gasteiger partial charge in [-0.25, -0.2) is 4.98 Å². The van der Waals surface area contributed by atoms with Gasteiger partial charge in [-0.15, -0.1) is 23.8 Å². The predicted octanol–water partition coefficient (Wildman–Crippen LogP) is 17.4. The molecule has 0 unspecified atom stereocenters. The first-order valence-corrected chi connectivity index (χ1v) is 24.1. The number of hydrogen-bond donors (Lipinski definition) is 1. The second-order valence-corrected chi connectivity index (χ2v) is 22.8. The van der Waals surface area contributed by atoms with Crippen LogP contribution in [0.4, 0.5) is 0 Å². The summed E-state index contributed by atoms with van der Waals surface area (Å²) in [5, 5.41) is 12.6. The van der Waals surface area contributed by atoms with E-state index in [0.717, 1.165) is 66.9 Å². The number of nitrogens with zero attached hydrogens (tertiary/aromatic N) is 3. The smallest absolute Gasteiger partial charge is 0.148 e. The Morgan fingerprint density at radius 1 is 0.500 bits per heavy atom. The summed E-state index contributed by atoms with van der Waals surface area (Å²) in [6.45, 7) is 23.5. The number of phenols is 1. The zero-order valence-electron chi connectivity index (χ0n) is 45.6. The molecule has 0 aliphatic carbocycles. The molecule has 70 heavy (non-hydrogen) atoms. The standard InChI is InChI=1S/C65H66N3O.Pt/c1-41-31-44(47-35-50(62(2,3)4)38-51(36-47)63(5,6)7)27-28-57(41)68-58-26-20-25-53(59(58)67-61(68)54-39-52(64(8,9)10)40-55(60(54)69)65(11,12)13)48-32-46(43-23-18-15-19-24-43)33-49(34-48)56-37-45(29-30-66-56)42-21-16-14-17-22-42;/h14-33,35-40,69H,1-13H3;/q-1;/i1D3;. The average molecular weight is 1100 g/mol. The summed E-state index contributed by atoms with van der Waals surface area (Å²) in [7, 11) is 0. The van der Waals surface area contributed by atoms with Crippen molar-refractivity contribution in [1.29, 1.82) is 0 Å². The minimum absolute atomic E-state index is 0. The molecule has 0 aliphatic heterocycles. The second-order valence-electron chi connectivity index (χ2n) is 22.8. The van der Waals surface area contributed by atoms with Crippen molar-refractivity contribution < 1.29 is 30.3 Å². The topological polar surface area (TPSA) is 50.9 Å². The van der Waals surface area contributed by atoms with Crippen LogP contribution in [0.5, 0.6) is 5.75 Å². The number of pyridine rings is 1. The minimum Gasteiger partial charge on any atom is -0.507 e. The van der Waals surface area contributed by atoms with Gasteiger partial charge in [0.15, 0.2) is 0 Å². The molecular formula is C65H66N3OPt-. The van der Waals surface area contributed by atoms with Gasteiger partial charge >= 0.3 is 0 Å². The molecule has 7 aromatic carbocycles. The van der Waals surface area contributed by atoms with Gasteiger partial charge in [0.05, 0.1) is 22.3 Å². The Balaban J connectivity index is 0.00000711. The SMILES string of the molecule is [2H]C([2H])([2H])c1cc(-c2cc(C(C)(C)C)cc(C(C)(C)C)c2)ccc1-n1c(-c2cc(C(C)(C)C)cc(C(C)(C)C)c2O)nc2c(-c3[c-]c(-c4cc(-c5ccccc5)ccn4)cc(-c4ccccc4)c3)cccc21.[Pt]. The Bertz CT molecular complexity index is 3460. The van der Waals surface area contributed by atoms with E-state index in [-0.39, 0.29) is 48.6 Å². The molecule has 0 saturated carbocycles. The number of aromatic hydroxyl groups is 1. The third-order valence-electron chi connectivity index (χ3n) is 13.4. The van der Waals surface area contributed by atoms with E-state index in [4.69, 9.17) is 9.97 Å². The van der Waals surface area contributed by atoms with Crippen molar-refractivity contribution >= 4 is 11.0 Å². The molecule has 0 aliphatic rings. The number of aromatic nitrogens is 3. The van der Waals surface area contributed by atoms with Crippen LogP contribution in [0.2, 0.25) is 0 Å². The zero-order valence-corrected chi connectivity index (χ0v) is 44.9. The van der Waals surface area contributed by atoms with Crippen molar-refractivity contribution in [3.05, 3.63) is 192 Å². The summed E-state index contributed by atoms with van der Waals surface area (Å²) in [5.74, 6) is 0.546. The van der Waals surface area contributed by atoms with Crippen LogP contribution in [0.1, 0.15) is 115 Å². The molecule has 4 nitrogen and oxygen atoms in total. The van der Waals surface area contributed by atoms with E-state index in [2.05, 4.69) is 162 Å². The molecule has 358 valence electrons. The van der Waals surface area contributed by atoms with Gasteiger partial charge in [-0.1, -0.05) is 209 Å². The first kappa shape index (κ1) is 46.1. The Labute approximate surface area is 435 Å². The van der Waals surface area contributed by atoms with E-state index in [9.17, 15) is 9.22 Å². The van der Waals surface area contributed by atoms with Crippen LogP contribution in [-0.4, -0.2) is 19.6 Å². The maximum absolute atomic E-state index is 12.6. The molecule has 5 heteroatoms. The number of fused-ring (bicyclic) bond motifs is 1. The number of hydrogen-bond acceptors (Lipinski definition) is 3. The number of phenolic OH excluding ortho intramolecular Hbond substituents is 1. The van der Waals surface area contributed by atoms with Gasteiger partial charge in [0.25, 0.3) is 0 Å². The third-order valence-corrected chi connectivity index (χ3v) is 13.4. The van der Waals surface area contributed by atoms with Crippen LogP contribution in [-0.2, 0) is 42.7 Å². The maximum atomic E-state index is 12.6. The molecule has 9 rings (SSSR count). The minimum atomic E-state index is -2.54. The van der Waals surface area contributed by atoms with E-state index >= 15 is 0 Å². The van der Waals surface area contributed by atoms with E-state index in [1.807, 2.05) is 89.6 Å². The van der Waals surface area contributed by atoms with E-state index in [1.54, 1.807) is 0 Å². The second kappa shape index (κ2) is 18.8. The molecule has 0 spiro atoms. The fourth-order valence-corrected chi connectivity index (χ4v) is 9.16. The Morgan fingerprint density at radius 2 is 1.07 bits per heavy atom. The van der Waals surface area contributed by atoms with Crippen LogP contribution in [0, 0.1) is 12.9 Å². The summed E-state index contributed by atoms with van der Waals surface area (Å²) in [6.07, 6.45) is 1.84. The summed E-state index contributed by atoms with van der Waals surface area (Å²) in [5.41, 5.74) is 14.8. The largest absolute Gasteiger partial charge is 0.507 e. The number of para-hydroxylation sites is 1. The van der Waals surface area contributed by atoms with Crippen molar-refractivity contribution in [3.8, 4) is 78.6 Å². The Hall–Kier alpha value is -6.35. The van der Waals surface area contributed by atoms with Crippen molar-refractivity contribution in [3.63, 3.8) is 0 Å². The van der Waals surface area contributed by atoms with Gasteiger partial charge < -0.3 is 5.11 Å². The normalized spacial score (nSPS) is 13.1.